The Bertz CT molecular complexity index is 430. The molecule has 1 heterocycles. The molecule has 0 aliphatic carbocycles. The number of carbonyl (C=O) groups is 1. The molecule has 0 amide bonds. The first-order valence-electron chi connectivity index (χ1n) is 6.34. The van der Waals surface area contributed by atoms with Crippen LogP contribution in [0.25, 0.3) is 0 Å². The van der Waals surface area contributed by atoms with Crippen molar-refractivity contribution in [3.63, 3.8) is 0 Å². The van der Waals surface area contributed by atoms with Gasteiger partial charge in [-0.1, -0.05) is 0 Å². The van der Waals surface area contributed by atoms with E-state index in [9.17, 15) is 18.0 Å². The molecule has 21 heavy (non-hydrogen) atoms. The molecule has 0 aromatic heterocycles. The summed E-state index contributed by atoms with van der Waals surface area (Å²) in [5.41, 5.74) is -5.65. The summed E-state index contributed by atoms with van der Waals surface area (Å²) in [7, 11) is -2.40. The zero-order valence-corrected chi connectivity index (χ0v) is 12.8. The number of hydrogen-bond acceptors (Lipinski definition) is 5. The molecule has 0 atom stereocenters. The number of ether oxygens (including phenoxy) is 1. The standard InChI is InChI=1S/C10H20NO2.CHF3O3S/c1-11(7-4-3-5-8-11)9-6-10(12)13-2;2-1(3,4)8(5,6)7/h3-9H2,1-2H3;(H,5,6,7)/q+1;/p-1. The Kier molecular flexibility index (Phi) is 7.62. The average molecular weight is 335 g/mol. The minimum absolute atomic E-state index is 0.0788. The molecule has 6 nitrogen and oxygen atoms in total. The Labute approximate surface area is 122 Å². The highest BCUT2D eigenvalue weighted by atomic mass is 32.2. The van der Waals surface area contributed by atoms with Crippen LogP contribution in [0.15, 0.2) is 0 Å². The Morgan fingerprint density at radius 2 is 1.67 bits per heavy atom. The Hall–Kier alpha value is -0.870. The maximum absolute atomic E-state index is 11.0. The summed E-state index contributed by atoms with van der Waals surface area (Å²) in [6, 6.07) is 0. The molecule has 1 aliphatic rings. The third kappa shape index (κ3) is 8.22. The number of carbonyl (C=O) groups excluding carboxylic acids is 1. The van der Waals surface area contributed by atoms with Gasteiger partial charge in [0.25, 0.3) is 0 Å². The van der Waals surface area contributed by atoms with E-state index >= 15 is 0 Å². The maximum atomic E-state index is 11.0. The van der Waals surface area contributed by atoms with E-state index in [-0.39, 0.29) is 5.97 Å². The fraction of sp³-hybridized carbons (Fsp3) is 0.909. The summed E-state index contributed by atoms with van der Waals surface area (Å²) in [5, 5.41) is 0. The van der Waals surface area contributed by atoms with Gasteiger partial charge in [0.05, 0.1) is 40.2 Å². The molecular formula is C11H20F3NO5S. The van der Waals surface area contributed by atoms with Gasteiger partial charge in [0.2, 0.25) is 0 Å². The van der Waals surface area contributed by atoms with E-state index in [1.807, 2.05) is 0 Å². The van der Waals surface area contributed by atoms with Crippen molar-refractivity contribution in [2.75, 3.05) is 33.8 Å². The second-order valence-corrected chi connectivity index (χ2v) is 6.45. The van der Waals surface area contributed by atoms with E-state index in [2.05, 4.69) is 11.8 Å². The lowest BCUT2D eigenvalue weighted by atomic mass is 10.1. The minimum Gasteiger partial charge on any atom is -0.741 e. The number of alkyl halides is 3. The topological polar surface area (TPSA) is 83.5 Å². The monoisotopic (exact) mass is 335 g/mol. The van der Waals surface area contributed by atoms with Crippen molar-refractivity contribution in [2.45, 2.75) is 31.2 Å². The number of rotatable bonds is 3. The highest BCUT2D eigenvalue weighted by Crippen LogP contribution is 2.20. The van der Waals surface area contributed by atoms with Crippen molar-refractivity contribution in [1.29, 1.82) is 0 Å². The zero-order chi connectivity index (χ0) is 16.7. The molecule has 0 N–H and O–H groups in total. The van der Waals surface area contributed by atoms with Crippen LogP contribution in [0, 0.1) is 0 Å². The lowest BCUT2D eigenvalue weighted by molar-refractivity contribution is -0.913. The van der Waals surface area contributed by atoms with Crippen LogP contribution in [0.5, 0.6) is 0 Å². The van der Waals surface area contributed by atoms with E-state index < -0.39 is 15.6 Å². The SMILES string of the molecule is COC(=O)CC[N+]1(C)CCCCC1.O=S(=O)([O-])C(F)(F)F. The summed E-state index contributed by atoms with van der Waals surface area (Å²) in [5.74, 6) is -0.0788. The van der Waals surface area contributed by atoms with Crippen molar-refractivity contribution in [1.82, 2.24) is 0 Å². The van der Waals surface area contributed by atoms with Crippen LogP contribution in [-0.4, -0.2) is 62.7 Å². The summed E-state index contributed by atoms with van der Waals surface area (Å²) in [6.45, 7) is 3.38. The molecule has 0 aromatic rings. The second kappa shape index (κ2) is 7.95. The lowest BCUT2D eigenvalue weighted by Gasteiger charge is -2.37. The molecule has 1 aliphatic heterocycles. The van der Waals surface area contributed by atoms with Crippen molar-refractivity contribution in [3.05, 3.63) is 0 Å². The predicted octanol–water partition coefficient (Wildman–Crippen LogP) is 1.23. The average Bonchev–Trinajstić information content (AvgIpc) is 2.35. The normalized spacial score (nSPS) is 18.4. The quantitative estimate of drug-likeness (QED) is 0.335. The number of esters is 1. The third-order valence-electron chi connectivity index (χ3n) is 3.26. The lowest BCUT2D eigenvalue weighted by Crippen LogP contribution is -2.48. The Morgan fingerprint density at radius 3 is 2.00 bits per heavy atom. The van der Waals surface area contributed by atoms with Gasteiger partial charge in [0, 0.05) is 0 Å². The van der Waals surface area contributed by atoms with Crippen LogP contribution >= 0.6 is 0 Å². The molecular weight excluding hydrogens is 315 g/mol. The largest absolute Gasteiger partial charge is 0.741 e. The predicted molar refractivity (Wildman–Crippen MR) is 67.0 cm³/mol. The van der Waals surface area contributed by atoms with Gasteiger partial charge in [-0.05, 0) is 19.3 Å². The smallest absolute Gasteiger partial charge is 0.485 e. The van der Waals surface area contributed by atoms with Crippen LogP contribution < -0.4 is 0 Å². The van der Waals surface area contributed by atoms with E-state index in [1.165, 1.54) is 39.5 Å². The van der Waals surface area contributed by atoms with Crippen LogP contribution in [0.2, 0.25) is 0 Å². The first kappa shape index (κ1) is 20.1. The highest BCUT2D eigenvalue weighted by molar-refractivity contribution is 7.86. The number of halogens is 3. The van der Waals surface area contributed by atoms with Crippen LogP contribution in [0.4, 0.5) is 13.2 Å². The molecule has 0 spiro atoms. The van der Waals surface area contributed by atoms with E-state index in [0.717, 1.165) is 11.0 Å². The molecule has 0 unspecified atom stereocenters. The Morgan fingerprint density at radius 1 is 1.24 bits per heavy atom. The van der Waals surface area contributed by atoms with E-state index in [0.29, 0.717) is 6.42 Å². The van der Waals surface area contributed by atoms with Crippen molar-refractivity contribution in [3.8, 4) is 0 Å². The summed E-state index contributed by atoms with van der Waals surface area (Å²) in [6.07, 6.45) is 4.52. The molecule has 0 aromatic carbocycles. The van der Waals surface area contributed by atoms with Crippen molar-refractivity contribution < 1.29 is 40.2 Å². The fourth-order valence-corrected chi connectivity index (χ4v) is 1.96. The number of nitrogens with zero attached hydrogens (tertiary/aromatic N) is 1. The molecule has 1 saturated heterocycles. The van der Waals surface area contributed by atoms with Crippen molar-refractivity contribution >= 4 is 16.1 Å². The summed E-state index contributed by atoms with van der Waals surface area (Å²) in [4.78, 5) is 11.0. The van der Waals surface area contributed by atoms with Crippen molar-refractivity contribution in [2.24, 2.45) is 0 Å². The van der Waals surface area contributed by atoms with E-state index in [1.54, 1.807) is 0 Å². The Balaban J connectivity index is 0.000000433. The van der Waals surface area contributed by atoms with Crippen LogP contribution in [-0.2, 0) is 19.6 Å². The van der Waals surface area contributed by atoms with Gasteiger partial charge in [-0.25, -0.2) is 8.42 Å². The van der Waals surface area contributed by atoms with Gasteiger partial charge in [0.15, 0.2) is 10.1 Å². The van der Waals surface area contributed by atoms with Crippen LogP contribution in [0.1, 0.15) is 25.7 Å². The van der Waals surface area contributed by atoms with E-state index in [4.69, 9.17) is 13.0 Å². The van der Waals surface area contributed by atoms with Gasteiger partial charge < -0.3 is 13.8 Å². The molecule has 1 fully saturated rings. The second-order valence-electron chi connectivity index (χ2n) is 5.08. The summed E-state index contributed by atoms with van der Waals surface area (Å²) < 4.78 is 64.6. The minimum atomic E-state index is -6.09. The summed E-state index contributed by atoms with van der Waals surface area (Å²) >= 11 is 0. The molecule has 0 radical (unpaired) electrons. The molecule has 1 rings (SSSR count). The molecule has 10 heteroatoms. The number of quaternary nitrogens is 1. The first-order valence-corrected chi connectivity index (χ1v) is 7.75. The van der Waals surface area contributed by atoms with Gasteiger partial charge >= 0.3 is 11.5 Å². The zero-order valence-electron chi connectivity index (χ0n) is 12.0. The van der Waals surface area contributed by atoms with Gasteiger partial charge in [-0.15, -0.1) is 0 Å². The molecule has 0 saturated carbocycles. The van der Waals surface area contributed by atoms with Gasteiger partial charge in [0.1, 0.15) is 0 Å². The highest BCUT2D eigenvalue weighted by Gasteiger charge is 2.36. The van der Waals surface area contributed by atoms with Crippen LogP contribution in [0.3, 0.4) is 0 Å². The number of hydrogen-bond donors (Lipinski definition) is 0. The maximum Gasteiger partial charge on any atom is 0.485 e. The van der Waals surface area contributed by atoms with Gasteiger partial charge in [-0.2, -0.15) is 13.2 Å². The number of methoxy groups -OCH3 is 1. The first-order chi connectivity index (χ1) is 9.41. The third-order valence-corrected chi connectivity index (χ3v) is 3.83. The molecule has 0 bridgehead atoms. The molecule has 126 valence electrons. The number of piperidine rings is 1. The van der Waals surface area contributed by atoms with Gasteiger partial charge in [-0.3, -0.25) is 4.79 Å². The number of likely N-dealkylation sites (tertiary alicyclic amines) is 1. The fourth-order valence-electron chi connectivity index (χ4n) is 1.96.